The van der Waals surface area contributed by atoms with Crippen molar-refractivity contribution >= 4 is 5.91 Å². The summed E-state index contributed by atoms with van der Waals surface area (Å²) in [5, 5.41) is 23.3. The highest BCUT2D eigenvalue weighted by atomic mass is 16.3. The zero-order valence-corrected chi connectivity index (χ0v) is 51.7. The van der Waals surface area contributed by atoms with Crippen LogP contribution in [0.2, 0.25) is 0 Å². The first kappa shape index (κ1) is 74.8. The van der Waals surface area contributed by atoms with Gasteiger partial charge in [0.1, 0.15) is 0 Å². The fraction of sp³-hybridized carbons (Fsp3) is 0.716. The second kappa shape index (κ2) is 68.1. The molecule has 0 aliphatic heterocycles. The number of carbonyl (C=O) groups excluding carboxylic acids is 1. The van der Waals surface area contributed by atoms with Crippen molar-refractivity contribution in [1.29, 1.82) is 0 Å². The molecule has 448 valence electrons. The van der Waals surface area contributed by atoms with Crippen molar-refractivity contribution in [2.45, 2.75) is 334 Å². The van der Waals surface area contributed by atoms with Crippen molar-refractivity contribution in [3.63, 3.8) is 0 Å². The lowest BCUT2D eigenvalue weighted by atomic mass is 10.0. The highest BCUT2D eigenvalue weighted by molar-refractivity contribution is 5.76. The Bertz CT molecular complexity index is 1510. The molecule has 0 rings (SSSR count). The monoisotopic (exact) mass is 1080 g/mol. The molecule has 2 atom stereocenters. The third kappa shape index (κ3) is 63.6. The Morgan fingerprint density at radius 2 is 0.577 bits per heavy atom. The number of hydrogen-bond donors (Lipinski definition) is 3. The van der Waals surface area contributed by atoms with Gasteiger partial charge >= 0.3 is 0 Å². The zero-order chi connectivity index (χ0) is 56.2. The van der Waals surface area contributed by atoms with Crippen LogP contribution in [-0.4, -0.2) is 34.9 Å². The highest BCUT2D eigenvalue weighted by Crippen LogP contribution is 2.17. The molecular formula is C74H129NO3. The quantitative estimate of drug-likeness (QED) is 0.0420. The molecule has 0 aromatic heterocycles. The van der Waals surface area contributed by atoms with Gasteiger partial charge in [0.05, 0.1) is 18.8 Å². The number of aliphatic hydroxyl groups excluding tert-OH is 2. The van der Waals surface area contributed by atoms with E-state index in [1.54, 1.807) is 6.08 Å². The first-order chi connectivity index (χ1) is 38.7. The second-order valence-electron chi connectivity index (χ2n) is 22.5. The number of nitrogens with one attached hydrogen (secondary N) is 1. The van der Waals surface area contributed by atoms with E-state index in [-0.39, 0.29) is 12.5 Å². The number of allylic oxidation sites excluding steroid dienone is 19. The van der Waals surface area contributed by atoms with Crippen molar-refractivity contribution in [3.05, 3.63) is 122 Å². The Morgan fingerprint density at radius 1 is 0.321 bits per heavy atom. The molecule has 0 saturated heterocycles. The van der Waals surface area contributed by atoms with E-state index >= 15 is 0 Å². The molecule has 0 heterocycles. The average molecular weight is 1080 g/mol. The summed E-state index contributed by atoms with van der Waals surface area (Å²) < 4.78 is 0. The minimum absolute atomic E-state index is 0.0801. The molecule has 0 saturated carbocycles. The molecule has 1 amide bonds. The van der Waals surface area contributed by atoms with Gasteiger partial charge in [-0.1, -0.05) is 341 Å². The number of rotatable bonds is 61. The summed E-state index contributed by atoms with van der Waals surface area (Å²) in [5.41, 5.74) is 0. The van der Waals surface area contributed by atoms with E-state index in [0.717, 1.165) is 89.9 Å². The minimum atomic E-state index is -0.874. The zero-order valence-electron chi connectivity index (χ0n) is 51.7. The predicted molar refractivity (Wildman–Crippen MR) is 349 cm³/mol. The lowest BCUT2D eigenvalue weighted by molar-refractivity contribution is -0.123. The molecule has 78 heavy (non-hydrogen) atoms. The van der Waals surface area contributed by atoms with Crippen LogP contribution >= 0.6 is 0 Å². The summed E-state index contributed by atoms with van der Waals surface area (Å²) in [6, 6.07) is -0.652. The molecule has 3 N–H and O–H groups in total. The average Bonchev–Trinajstić information content (AvgIpc) is 3.44. The van der Waals surface area contributed by atoms with Gasteiger partial charge in [-0.15, -0.1) is 0 Å². The summed E-state index contributed by atoms with van der Waals surface area (Å²) in [6.45, 7) is 4.20. The van der Waals surface area contributed by atoms with E-state index in [0.29, 0.717) is 6.42 Å². The summed E-state index contributed by atoms with van der Waals surface area (Å²) in [4.78, 5) is 12.5. The molecule has 0 aromatic rings. The summed E-state index contributed by atoms with van der Waals surface area (Å²) >= 11 is 0. The van der Waals surface area contributed by atoms with Crippen molar-refractivity contribution in [2.24, 2.45) is 0 Å². The van der Waals surface area contributed by atoms with Gasteiger partial charge in [0.25, 0.3) is 0 Å². The summed E-state index contributed by atoms with van der Waals surface area (Å²) in [5.74, 6) is -0.0801. The van der Waals surface area contributed by atoms with Gasteiger partial charge in [-0.25, -0.2) is 0 Å². The van der Waals surface area contributed by atoms with Crippen LogP contribution in [-0.2, 0) is 4.79 Å². The SMILES string of the molecule is CC/C=C\C/C=C\C/C=C\C/C=C\C/C=C\C/C=C\C/C=C\C/C=C\CCCCCCCCCCCCC(=O)NC(CO)C(O)/C=C/CC/C=C/CCCCCCCCCCCCCCCCCCCCCCCCCCC. The first-order valence-electron chi connectivity index (χ1n) is 33.7. The van der Waals surface area contributed by atoms with Gasteiger partial charge in [0.15, 0.2) is 0 Å². The third-order valence-electron chi connectivity index (χ3n) is 14.9. The van der Waals surface area contributed by atoms with Gasteiger partial charge in [0, 0.05) is 6.42 Å². The molecule has 4 nitrogen and oxygen atoms in total. The Labute approximate surface area is 486 Å². The molecule has 2 unspecified atom stereocenters. The fourth-order valence-electron chi connectivity index (χ4n) is 9.86. The Hall–Kier alpha value is -3.21. The van der Waals surface area contributed by atoms with Crippen molar-refractivity contribution in [2.75, 3.05) is 6.61 Å². The third-order valence-corrected chi connectivity index (χ3v) is 14.9. The lowest BCUT2D eigenvalue weighted by Gasteiger charge is -2.19. The maximum atomic E-state index is 12.5. The smallest absolute Gasteiger partial charge is 0.220 e. The van der Waals surface area contributed by atoms with E-state index in [4.69, 9.17) is 0 Å². The van der Waals surface area contributed by atoms with Crippen LogP contribution in [0.3, 0.4) is 0 Å². The van der Waals surface area contributed by atoms with Gasteiger partial charge in [-0.3, -0.25) is 4.79 Å². The van der Waals surface area contributed by atoms with Crippen LogP contribution in [0.15, 0.2) is 122 Å². The lowest BCUT2D eigenvalue weighted by Crippen LogP contribution is -2.45. The predicted octanol–water partition coefficient (Wildman–Crippen LogP) is 23.2. The molecular weight excluding hydrogens is 951 g/mol. The topological polar surface area (TPSA) is 69.6 Å². The van der Waals surface area contributed by atoms with Crippen LogP contribution in [0.25, 0.3) is 0 Å². The molecule has 0 bridgehead atoms. The van der Waals surface area contributed by atoms with E-state index < -0.39 is 12.1 Å². The Morgan fingerprint density at radius 3 is 0.897 bits per heavy atom. The van der Waals surface area contributed by atoms with E-state index in [2.05, 4.69) is 129 Å². The van der Waals surface area contributed by atoms with Crippen molar-refractivity contribution < 1.29 is 15.0 Å². The summed E-state index contributed by atoms with van der Waals surface area (Å²) in [7, 11) is 0. The molecule has 0 spiro atoms. The number of unbranched alkanes of at least 4 members (excludes halogenated alkanes) is 36. The minimum Gasteiger partial charge on any atom is -0.394 e. The van der Waals surface area contributed by atoms with Gasteiger partial charge in [-0.05, 0) is 96.3 Å². The number of aliphatic hydroxyl groups is 2. The van der Waals surface area contributed by atoms with Crippen molar-refractivity contribution in [1.82, 2.24) is 5.32 Å². The second-order valence-corrected chi connectivity index (χ2v) is 22.5. The van der Waals surface area contributed by atoms with Crippen LogP contribution in [0, 0.1) is 0 Å². The maximum absolute atomic E-state index is 12.5. The number of carbonyl (C=O) groups is 1. The number of hydrogen-bond acceptors (Lipinski definition) is 3. The first-order valence-corrected chi connectivity index (χ1v) is 33.7. The molecule has 0 aromatic carbocycles. The Kier molecular flexibility index (Phi) is 65.3. The number of amides is 1. The Balaban J connectivity index is 3.56. The molecule has 0 fully saturated rings. The molecule has 4 heteroatoms. The van der Waals surface area contributed by atoms with Crippen molar-refractivity contribution in [3.8, 4) is 0 Å². The van der Waals surface area contributed by atoms with Gasteiger partial charge in [0.2, 0.25) is 5.91 Å². The van der Waals surface area contributed by atoms with E-state index in [1.165, 1.54) is 212 Å². The maximum Gasteiger partial charge on any atom is 0.220 e. The van der Waals surface area contributed by atoms with E-state index in [1.807, 2.05) is 6.08 Å². The highest BCUT2D eigenvalue weighted by Gasteiger charge is 2.18. The van der Waals surface area contributed by atoms with Crippen LogP contribution in [0.1, 0.15) is 322 Å². The van der Waals surface area contributed by atoms with Crippen LogP contribution in [0.4, 0.5) is 0 Å². The molecule has 0 aliphatic carbocycles. The standard InChI is InChI=1S/C74H129NO3/c1-3-5-7-9-11-13-15-17-19-21-23-25-27-29-31-33-35-36-37-38-40-42-44-46-48-50-52-54-56-58-60-62-64-66-68-70-74(78)75-72(71-76)73(77)69-67-65-63-61-59-57-55-53-51-49-47-45-43-41-39-34-32-30-28-26-24-22-20-18-16-14-12-10-8-6-4-2/h5,7,11,13,17,19,23,25,29,31,35-36,38,40,44,46,59,61,67,69,72-73,76-77H,3-4,6,8-10,12,14-16,18,20-22,24,26-28,30,32-34,37,39,41-43,45,47-58,60,62-66,68,70-71H2,1-2H3,(H,75,78)/b7-5-,13-11-,19-17-,25-23-,31-29-,36-35-,40-38-,46-44-,61-59+,69-67+. The van der Waals surface area contributed by atoms with Crippen LogP contribution < -0.4 is 5.32 Å². The molecule has 0 radical (unpaired) electrons. The van der Waals surface area contributed by atoms with E-state index in [9.17, 15) is 15.0 Å². The normalized spacial score (nSPS) is 13.5. The van der Waals surface area contributed by atoms with Gasteiger partial charge in [-0.2, -0.15) is 0 Å². The van der Waals surface area contributed by atoms with Crippen LogP contribution in [0.5, 0.6) is 0 Å². The summed E-state index contributed by atoms with van der Waals surface area (Å²) in [6.07, 6.45) is 104. The fourth-order valence-corrected chi connectivity index (χ4v) is 9.86. The molecule has 0 aliphatic rings. The largest absolute Gasteiger partial charge is 0.394 e. The van der Waals surface area contributed by atoms with Gasteiger partial charge < -0.3 is 15.5 Å².